The molecule has 0 aliphatic rings. The van der Waals surface area contributed by atoms with Crippen molar-refractivity contribution in [2.45, 2.75) is 0 Å². The van der Waals surface area contributed by atoms with Crippen molar-refractivity contribution in [2.24, 2.45) is 0 Å². The van der Waals surface area contributed by atoms with Gasteiger partial charge in [0.15, 0.2) is 19.7 Å². The summed E-state index contributed by atoms with van der Waals surface area (Å²) in [6, 6.07) is 20.4. The average Bonchev–Trinajstić information content (AvgIpc) is 2.82. The molecule has 4 nitrogen and oxygen atoms in total. The summed E-state index contributed by atoms with van der Waals surface area (Å²) in [6.07, 6.45) is 5.93. The second-order valence-corrected chi connectivity index (χ2v) is 11.5. The lowest BCUT2D eigenvalue weighted by Crippen LogP contribution is -1.88. The van der Waals surface area contributed by atoms with Gasteiger partial charge in [-0.25, -0.2) is 16.8 Å². The number of benzene rings is 3. The summed E-state index contributed by atoms with van der Waals surface area (Å²) >= 11 is 11.6. The standard InChI is InChI=1S/C26H20Cl2O4S2/c27-25-9-5-23(6-10-25)15-19-33(29,30)17-13-21-1-2-22(4-3-21)14-18-34(31,32)20-16-24-7-11-26(28)12-8-24/h1-20H/b17-13+,18-14+,19-15-,20-16-. The lowest BCUT2D eigenvalue weighted by Gasteiger charge is -1.97. The van der Waals surface area contributed by atoms with Gasteiger partial charge in [-0.1, -0.05) is 71.7 Å². The van der Waals surface area contributed by atoms with E-state index in [0.717, 1.165) is 32.8 Å². The Labute approximate surface area is 210 Å². The van der Waals surface area contributed by atoms with Crippen molar-refractivity contribution in [1.82, 2.24) is 0 Å². The molecule has 0 saturated carbocycles. The zero-order valence-corrected chi connectivity index (χ0v) is 20.9. The van der Waals surface area contributed by atoms with Crippen LogP contribution >= 0.6 is 23.2 Å². The van der Waals surface area contributed by atoms with Gasteiger partial charge in [-0.2, -0.15) is 0 Å². The SMILES string of the molecule is O=S(=O)(/C=C\c1ccc(Cl)cc1)/C=C/c1ccc(/C=C/S(=O)(=O)/C=C\c2ccc(Cl)cc2)cc1. The van der Waals surface area contributed by atoms with Crippen LogP contribution in [0, 0.1) is 0 Å². The second kappa shape index (κ2) is 11.5. The average molecular weight is 531 g/mol. The minimum Gasteiger partial charge on any atom is -0.220 e. The molecule has 3 aromatic rings. The van der Waals surface area contributed by atoms with Gasteiger partial charge in [-0.3, -0.25) is 0 Å². The highest BCUT2D eigenvalue weighted by Gasteiger charge is 2.02. The zero-order chi connectivity index (χ0) is 24.6. The van der Waals surface area contributed by atoms with Gasteiger partial charge in [0.05, 0.1) is 0 Å². The number of hydrogen-bond acceptors (Lipinski definition) is 4. The van der Waals surface area contributed by atoms with Crippen LogP contribution in [0.4, 0.5) is 0 Å². The summed E-state index contributed by atoms with van der Waals surface area (Å²) in [5, 5.41) is 5.60. The molecular weight excluding hydrogens is 511 g/mol. The molecule has 0 aromatic heterocycles. The van der Waals surface area contributed by atoms with Crippen LogP contribution in [0.15, 0.2) is 94.4 Å². The predicted molar refractivity (Wildman–Crippen MR) is 143 cm³/mol. The fourth-order valence-electron chi connectivity index (χ4n) is 2.65. The maximum atomic E-state index is 12.2. The maximum Gasteiger partial charge on any atom is 0.193 e. The van der Waals surface area contributed by atoms with E-state index in [1.807, 2.05) is 0 Å². The van der Waals surface area contributed by atoms with Crippen molar-refractivity contribution in [1.29, 1.82) is 0 Å². The van der Waals surface area contributed by atoms with Crippen LogP contribution < -0.4 is 0 Å². The van der Waals surface area contributed by atoms with Gasteiger partial charge in [0, 0.05) is 31.7 Å². The summed E-state index contributed by atoms with van der Waals surface area (Å²) in [4.78, 5) is 0. The van der Waals surface area contributed by atoms with Crippen LogP contribution in [-0.4, -0.2) is 16.8 Å². The first-order valence-corrected chi connectivity index (χ1v) is 13.9. The molecule has 0 fully saturated rings. The Kier molecular flexibility index (Phi) is 8.69. The Morgan fingerprint density at radius 2 is 0.618 bits per heavy atom. The van der Waals surface area contributed by atoms with E-state index in [1.165, 1.54) is 24.3 Å². The lowest BCUT2D eigenvalue weighted by atomic mass is 10.1. The van der Waals surface area contributed by atoms with Crippen LogP contribution in [0.25, 0.3) is 24.3 Å². The minimum atomic E-state index is -3.56. The number of halogens is 2. The van der Waals surface area contributed by atoms with Gasteiger partial charge in [-0.05, 0) is 70.8 Å². The Morgan fingerprint density at radius 3 is 0.853 bits per heavy atom. The molecule has 8 heteroatoms. The predicted octanol–water partition coefficient (Wildman–Crippen LogP) is 7.11. The Hall–Kier alpha value is -2.90. The van der Waals surface area contributed by atoms with Gasteiger partial charge in [0.2, 0.25) is 0 Å². The van der Waals surface area contributed by atoms with Crippen molar-refractivity contribution in [3.63, 3.8) is 0 Å². The van der Waals surface area contributed by atoms with Gasteiger partial charge in [-0.15, -0.1) is 0 Å². The molecule has 0 amide bonds. The van der Waals surface area contributed by atoms with Crippen molar-refractivity contribution >= 4 is 67.2 Å². The Morgan fingerprint density at radius 1 is 0.412 bits per heavy atom. The van der Waals surface area contributed by atoms with Crippen molar-refractivity contribution < 1.29 is 16.8 Å². The Balaban J connectivity index is 1.62. The van der Waals surface area contributed by atoms with Crippen LogP contribution in [0.3, 0.4) is 0 Å². The van der Waals surface area contributed by atoms with Crippen molar-refractivity contribution in [3.05, 3.63) is 127 Å². The summed E-state index contributed by atoms with van der Waals surface area (Å²) in [6.45, 7) is 0. The molecule has 174 valence electrons. The second-order valence-electron chi connectivity index (χ2n) is 7.16. The third-order valence-electron chi connectivity index (χ3n) is 4.48. The quantitative estimate of drug-likeness (QED) is 0.311. The highest BCUT2D eigenvalue weighted by atomic mass is 35.5. The fourth-order valence-corrected chi connectivity index (χ4v) is 4.47. The van der Waals surface area contributed by atoms with E-state index in [9.17, 15) is 16.8 Å². The molecule has 0 unspecified atom stereocenters. The van der Waals surface area contributed by atoms with Crippen molar-refractivity contribution in [3.8, 4) is 0 Å². The first-order chi connectivity index (χ1) is 16.1. The first kappa shape index (κ1) is 25.7. The van der Waals surface area contributed by atoms with Gasteiger partial charge < -0.3 is 0 Å². The van der Waals surface area contributed by atoms with E-state index in [0.29, 0.717) is 21.2 Å². The molecule has 0 atom stereocenters. The molecule has 3 aromatic carbocycles. The number of hydrogen-bond donors (Lipinski definition) is 0. The highest BCUT2D eigenvalue weighted by molar-refractivity contribution is 7.97. The van der Waals surface area contributed by atoms with E-state index >= 15 is 0 Å². The summed E-state index contributed by atoms with van der Waals surface area (Å²) in [5.74, 6) is 0. The molecule has 34 heavy (non-hydrogen) atoms. The van der Waals surface area contributed by atoms with Crippen LogP contribution in [0.1, 0.15) is 22.3 Å². The van der Waals surface area contributed by atoms with E-state index < -0.39 is 19.7 Å². The molecule has 0 aliphatic heterocycles. The van der Waals surface area contributed by atoms with Gasteiger partial charge in [0.25, 0.3) is 0 Å². The largest absolute Gasteiger partial charge is 0.220 e. The van der Waals surface area contributed by atoms with Crippen LogP contribution in [0.5, 0.6) is 0 Å². The summed E-state index contributed by atoms with van der Waals surface area (Å²) < 4.78 is 48.9. The monoisotopic (exact) mass is 530 g/mol. The fraction of sp³-hybridized carbons (Fsp3) is 0. The topological polar surface area (TPSA) is 68.3 Å². The molecule has 0 radical (unpaired) electrons. The first-order valence-electron chi connectivity index (χ1n) is 9.94. The van der Waals surface area contributed by atoms with E-state index in [4.69, 9.17) is 23.2 Å². The normalized spacial score (nSPS) is 13.0. The lowest BCUT2D eigenvalue weighted by molar-refractivity contribution is 0.611. The maximum absolute atomic E-state index is 12.2. The molecule has 0 N–H and O–H groups in total. The van der Waals surface area contributed by atoms with Gasteiger partial charge in [0.1, 0.15) is 0 Å². The molecule has 3 rings (SSSR count). The smallest absolute Gasteiger partial charge is 0.193 e. The van der Waals surface area contributed by atoms with E-state index in [2.05, 4.69) is 0 Å². The number of rotatable bonds is 8. The van der Waals surface area contributed by atoms with E-state index in [-0.39, 0.29) is 0 Å². The van der Waals surface area contributed by atoms with E-state index in [1.54, 1.807) is 72.8 Å². The van der Waals surface area contributed by atoms with Crippen LogP contribution in [0.2, 0.25) is 10.0 Å². The number of sulfone groups is 2. The molecule has 0 saturated heterocycles. The summed E-state index contributed by atoms with van der Waals surface area (Å²) in [7, 11) is -7.12. The molecule has 0 heterocycles. The highest BCUT2D eigenvalue weighted by Crippen LogP contribution is 2.15. The molecular formula is C26H20Cl2O4S2. The third-order valence-corrected chi connectivity index (χ3v) is 7.04. The molecule has 0 bridgehead atoms. The van der Waals surface area contributed by atoms with Gasteiger partial charge >= 0.3 is 0 Å². The minimum absolute atomic E-state index is 0.574. The summed E-state index contributed by atoms with van der Waals surface area (Å²) in [5.41, 5.74) is 2.75. The zero-order valence-electron chi connectivity index (χ0n) is 17.8. The van der Waals surface area contributed by atoms with Crippen molar-refractivity contribution in [2.75, 3.05) is 0 Å². The third kappa shape index (κ3) is 8.80. The molecule has 0 spiro atoms. The van der Waals surface area contributed by atoms with Crippen LogP contribution in [-0.2, 0) is 19.7 Å². The Bertz CT molecular complexity index is 1330. The molecule has 0 aliphatic carbocycles.